The molecule has 31 heavy (non-hydrogen) atoms. The van der Waals surface area contributed by atoms with E-state index in [1.54, 1.807) is 30.3 Å². The first-order valence-corrected chi connectivity index (χ1v) is 10.6. The molecule has 0 bridgehead atoms. The van der Waals surface area contributed by atoms with E-state index in [0.29, 0.717) is 27.8 Å². The standard InChI is InChI=1S/C22H18ClFN4O2S/c1-14-6-7-17(23)19(8-14)30-11-15-9-20(31-12-15)21(29)26-22-25-13-28(27-22)10-16-4-2-3-5-18(16)24/h2-9,12-13H,10-11H2,1H3,(H,26,27,29). The minimum absolute atomic E-state index is 0.152. The molecule has 9 heteroatoms. The third-order valence-corrected chi connectivity index (χ3v) is 5.70. The number of hydrogen-bond donors (Lipinski definition) is 1. The number of anilines is 1. The second-order valence-electron chi connectivity index (χ2n) is 6.85. The first-order valence-electron chi connectivity index (χ1n) is 9.38. The van der Waals surface area contributed by atoms with Gasteiger partial charge in [0.2, 0.25) is 5.95 Å². The van der Waals surface area contributed by atoms with Crippen LogP contribution in [0.1, 0.15) is 26.4 Å². The van der Waals surface area contributed by atoms with Gasteiger partial charge in [0, 0.05) is 11.1 Å². The molecule has 0 aliphatic rings. The molecular formula is C22H18ClFN4O2S. The van der Waals surface area contributed by atoms with Gasteiger partial charge in [0.1, 0.15) is 24.5 Å². The molecular weight excluding hydrogens is 439 g/mol. The molecule has 1 amide bonds. The third-order valence-electron chi connectivity index (χ3n) is 4.41. The Morgan fingerprint density at radius 2 is 2.10 bits per heavy atom. The smallest absolute Gasteiger partial charge is 0.268 e. The Kier molecular flexibility index (Phi) is 6.29. The number of amides is 1. The highest BCUT2D eigenvalue weighted by Gasteiger charge is 2.13. The number of rotatable bonds is 7. The van der Waals surface area contributed by atoms with Crippen molar-refractivity contribution in [3.8, 4) is 5.75 Å². The molecule has 2 aromatic heterocycles. The molecule has 0 aliphatic heterocycles. The number of aryl methyl sites for hydroxylation is 1. The van der Waals surface area contributed by atoms with Crippen molar-refractivity contribution in [2.75, 3.05) is 5.32 Å². The summed E-state index contributed by atoms with van der Waals surface area (Å²) in [5.74, 6) is 0.111. The summed E-state index contributed by atoms with van der Waals surface area (Å²) in [6.45, 7) is 2.47. The van der Waals surface area contributed by atoms with Gasteiger partial charge >= 0.3 is 0 Å². The molecule has 2 heterocycles. The lowest BCUT2D eigenvalue weighted by atomic mass is 10.2. The van der Waals surface area contributed by atoms with Gasteiger partial charge in [-0.2, -0.15) is 0 Å². The van der Waals surface area contributed by atoms with Gasteiger partial charge in [-0.25, -0.2) is 14.1 Å². The highest BCUT2D eigenvalue weighted by atomic mass is 35.5. The minimum Gasteiger partial charge on any atom is -0.487 e. The van der Waals surface area contributed by atoms with Crippen molar-refractivity contribution in [2.45, 2.75) is 20.1 Å². The zero-order valence-corrected chi connectivity index (χ0v) is 18.1. The highest BCUT2D eigenvalue weighted by molar-refractivity contribution is 7.12. The van der Waals surface area contributed by atoms with Crippen LogP contribution in [-0.2, 0) is 13.2 Å². The van der Waals surface area contributed by atoms with Crippen molar-refractivity contribution in [3.05, 3.63) is 92.6 Å². The largest absolute Gasteiger partial charge is 0.487 e. The van der Waals surface area contributed by atoms with Crippen LogP contribution in [0.2, 0.25) is 5.02 Å². The summed E-state index contributed by atoms with van der Waals surface area (Å²) in [6, 6.07) is 13.8. The van der Waals surface area contributed by atoms with Crippen LogP contribution >= 0.6 is 22.9 Å². The van der Waals surface area contributed by atoms with E-state index < -0.39 is 0 Å². The second kappa shape index (κ2) is 9.28. The Labute approximate surface area is 187 Å². The Morgan fingerprint density at radius 1 is 1.26 bits per heavy atom. The zero-order valence-electron chi connectivity index (χ0n) is 16.5. The average molecular weight is 457 g/mol. The molecule has 4 aromatic rings. The van der Waals surface area contributed by atoms with E-state index in [9.17, 15) is 9.18 Å². The summed E-state index contributed by atoms with van der Waals surface area (Å²) >= 11 is 7.44. The molecule has 0 saturated carbocycles. The molecule has 2 aromatic carbocycles. The first-order chi connectivity index (χ1) is 15.0. The molecule has 0 radical (unpaired) electrons. The number of benzene rings is 2. The van der Waals surface area contributed by atoms with E-state index in [1.807, 2.05) is 24.4 Å². The van der Waals surface area contributed by atoms with Gasteiger partial charge in [-0.15, -0.1) is 16.4 Å². The molecule has 0 saturated heterocycles. The molecule has 1 N–H and O–H groups in total. The van der Waals surface area contributed by atoms with E-state index in [2.05, 4.69) is 15.4 Å². The van der Waals surface area contributed by atoms with Crippen LogP contribution in [0.5, 0.6) is 5.75 Å². The first kappa shape index (κ1) is 21.0. The topological polar surface area (TPSA) is 69.0 Å². The lowest BCUT2D eigenvalue weighted by Crippen LogP contribution is -2.12. The van der Waals surface area contributed by atoms with E-state index in [-0.39, 0.29) is 24.2 Å². The lowest BCUT2D eigenvalue weighted by molar-refractivity contribution is 0.102. The predicted molar refractivity (Wildman–Crippen MR) is 118 cm³/mol. The van der Waals surface area contributed by atoms with Gasteiger partial charge in [-0.1, -0.05) is 35.9 Å². The number of aromatic nitrogens is 3. The number of hydrogen-bond acceptors (Lipinski definition) is 5. The molecule has 0 atom stereocenters. The van der Waals surface area contributed by atoms with Gasteiger partial charge in [0.25, 0.3) is 5.91 Å². The molecule has 0 spiro atoms. The van der Waals surface area contributed by atoms with Crippen LogP contribution in [0.4, 0.5) is 10.3 Å². The van der Waals surface area contributed by atoms with Gasteiger partial charge in [0.05, 0.1) is 16.4 Å². The molecule has 0 unspecified atom stereocenters. The van der Waals surface area contributed by atoms with E-state index in [0.717, 1.165) is 11.1 Å². The maximum Gasteiger partial charge on any atom is 0.268 e. The summed E-state index contributed by atoms with van der Waals surface area (Å²) in [4.78, 5) is 17.1. The van der Waals surface area contributed by atoms with Crippen LogP contribution in [0, 0.1) is 12.7 Å². The number of thiophene rings is 1. The van der Waals surface area contributed by atoms with E-state index >= 15 is 0 Å². The monoisotopic (exact) mass is 456 g/mol. The normalized spacial score (nSPS) is 10.8. The Bertz CT molecular complexity index is 1220. The van der Waals surface area contributed by atoms with Crippen molar-refractivity contribution in [1.29, 1.82) is 0 Å². The fraction of sp³-hybridized carbons (Fsp3) is 0.136. The SMILES string of the molecule is Cc1ccc(Cl)c(OCc2csc(C(=O)Nc3ncn(Cc4ccccc4F)n3)c2)c1. The molecule has 6 nitrogen and oxygen atoms in total. The average Bonchev–Trinajstić information content (AvgIpc) is 3.40. The van der Waals surface area contributed by atoms with Gasteiger partial charge in [-0.3, -0.25) is 10.1 Å². The predicted octanol–water partition coefficient (Wildman–Crippen LogP) is 5.32. The maximum atomic E-state index is 13.8. The van der Waals surface area contributed by atoms with Gasteiger partial charge in [-0.05, 0) is 42.1 Å². The van der Waals surface area contributed by atoms with Crippen LogP contribution in [0.15, 0.2) is 60.2 Å². The summed E-state index contributed by atoms with van der Waals surface area (Å²) in [5.41, 5.74) is 2.39. The highest BCUT2D eigenvalue weighted by Crippen LogP contribution is 2.27. The summed E-state index contributed by atoms with van der Waals surface area (Å²) in [6.07, 6.45) is 1.45. The summed E-state index contributed by atoms with van der Waals surface area (Å²) in [5, 5.41) is 9.23. The molecule has 0 fully saturated rings. The summed E-state index contributed by atoms with van der Waals surface area (Å²) < 4.78 is 21.0. The Hall–Kier alpha value is -3.23. The number of carbonyl (C=O) groups excluding carboxylic acids is 1. The van der Waals surface area contributed by atoms with E-state index in [1.165, 1.54) is 28.4 Å². The van der Waals surface area contributed by atoms with Crippen molar-refractivity contribution in [1.82, 2.24) is 14.8 Å². The van der Waals surface area contributed by atoms with Crippen LogP contribution in [0.25, 0.3) is 0 Å². The van der Waals surface area contributed by atoms with E-state index in [4.69, 9.17) is 16.3 Å². The van der Waals surface area contributed by atoms with Gasteiger partial charge in [0.15, 0.2) is 0 Å². The lowest BCUT2D eigenvalue weighted by Gasteiger charge is -2.07. The van der Waals surface area contributed by atoms with Crippen LogP contribution in [0.3, 0.4) is 0 Å². The molecule has 4 rings (SSSR count). The number of ether oxygens (including phenoxy) is 1. The Morgan fingerprint density at radius 3 is 2.94 bits per heavy atom. The summed E-state index contributed by atoms with van der Waals surface area (Å²) in [7, 11) is 0. The number of nitrogens with one attached hydrogen (secondary N) is 1. The Balaban J connectivity index is 1.35. The second-order valence-corrected chi connectivity index (χ2v) is 8.17. The van der Waals surface area contributed by atoms with Crippen LogP contribution < -0.4 is 10.1 Å². The quantitative estimate of drug-likeness (QED) is 0.408. The van der Waals surface area contributed by atoms with Crippen molar-refractivity contribution < 1.29 is 13.9 Å². The van der Waals surface area contributed by atoms with Crippen LogP contribution in [-0.4, -0.2) is 20.7 Å². The van der Waals surface area contributed by atoms with Crippen molar-refractivity contribution >= 4 is 34.8 Å². The zero-order chi connectivity index (χ0) is 21.8. The van der Waals surface area contributed by atoms with Crippen molar-refractivity contribution in [3.63, 3.8) is 0 Å². The number of halogens is 2. The number of nitrogens with zero attached hydrogens (tertiary/aromatic N) is 3. The third kappa shape index (κ3) is 5.28. The van der Waals surface area contributed by atoms with Gasteiger partial charge < -0.3 is 4.74 Å². The number of carbonyl (C=O) groups is 1. The minimum atomic E-state index is -0.325. The fourth-order valence-corrected chi connectivity index (χ4v) is 3.81. The molecule has 0 aliphatic carbocycles. The molecule has 158 valence electrons. The fourth-order valence-electron chi connectivity index (χ4n) is 2.85. The van der Waals surface area contributed by atoms with Crippen molar-refractivity contribution in [2.24, 2.45) is 0 Å². The maximum absolute atomic E-state index is 13.8.